The smallest absolute Gasteiger partial charge is 0.395 e. The van der Waals surface area contributed by atoms with Gasteiger partial charge in [-0.2, -0.15) is 0 Å². The number of benzene rings is 4. The fourth-order valence-electron chi connectivity index (χ4n) is 6.32. The fourth-order valence-corrected chi connectivity index (χ4v) is 8.83. The molecule has 0 unspecified atom stereocenters. The van der Waals surface area contributed by atoms with Crippen LogP contribution < -0.4 is 18.1 Å². The van der Waals surface area contributed by atoms with Crippen molar-refractivity contribution in [3.05, 3.63) is 121 Å². The van der Waals surface area contributed by atoms with Crippen molar-refractivity contribution >= 4 is 15.6 Å². The molecule has 0 N–H and O–H groups in total. The molecule has 4 aromatic rings. The second kappa shape index (κ2) is 28.0. The third kappa shape index (κ3) is 20.6. The van der Waals surface area contributed by atoms with E-state index >= 15 is 0 Å². The first kappa shape index (κ1) is 45.2. The van der Waals surface area contributed by atoms with Crippen LogP contribution in [-0.4, -0.2) is 13.2 Å². The molecule has 0 aliphatic rings. The van der Waals surface area contributed by atoms with Gasteiger partial charge in [-0.15, -0.1) is 0 Å². The van der Waals surface area contributed by atoms with Crippen molar-refractivity contribution in [3.63, 3.8) is 0 Å². The van der Waals surface area contributed by atoms with Gasteiger partial charge in [0.05, 0.1) is 13.2 Å². The molecule has 0 aliphatic heterocycles. The number of unbranched alkanes of at least 4 members (excludes halogenated alkanes) is 19. The van der Waals surface area contributed by atoms with Crippen LogP contribution >= 0.6 is 15.6 Å². The van der Waals surface area contributed by atoms with Crippen molar-refractivity contribution in [2.45, 2.75) is 128 Å². The number of phosphoric acid groups is 2. The van der Waals surface area contributed by atoms with Gasteiger partial charge in [-0.3, -0.25) is 9.05 Å². The zero-order valence-electron chi connectivity index (χ0n) is 33.3. The van der Waals surface area contributed by atoms with Gasteiger partial charge >= 0.3 is 15.6 Å². The minimum atomic E-state index is -3.79. The van der Waals surface area contributed by atoms with Crippen LogP contribution in [0.5, 0.6) is 23.0 Å². The van der Waals surface area contributed by atoms with Crippen molar-refractivity contribution in [1.29, 1.82) is 0 Å². The summed E-state index contributed by atoms with van der Waals surface area (Å²) in [6, 6.07) is 36.1. The van der Waals surface area contributed by atoms with Crippen LogP contribution in [0.15, 0.2) is 121 Å². The summed E-state index contributed by atoms with van der Waals surface area (Å²) in [6.45, 7) is 0.667. The molecule has 0 saturated carbocycles. The standard InChI is InChI=1S/C46H64O8P2/c47-55(51-43-33-23-19-24-34-43,52-44-35-25-20-26-36-44)49-41-31-17-15-13-11-9-7-5-3-1-2-4-6-8-10-12-14-16-18-32-42-50-56(48,53-45-37-27-21-28-38-45)54-46-39-29-22-30-40-46/h19-30,33-40H,1-18,31-32,41-42H2. The van der Waals surface area contributed by atoms with Gasteiger partial charge in [0.1, 0.15) is 23.0 Å². The molecule has 10 heteroatoms. The minimum absolute atomic E-state index is 0.333. The van der Waals surface area contributed by atoms with E-state index in [0.717, 1.165) is 38.5 Å². The molecule has 0 heterocycles. The molecule has 0 radical (unpaired) electrons. The lowest BCUT2D eigenvalue weighted by Gasteiger charge is -2.19. The lowest BCUT2D eigenvalue weighted by Crippen LogP contribution is -2.06. The number of rotatable bonds is 33. The van der Waals surface area contributed by atoms with E-state index in [9.17, 15) is 9.13 Å². The lowest BCUT2D eigenvalue weighted by molar-refractivity contribution is 0.204. The highest BCUT2D eigenvalue weighted by molar-refractivity contribution is 7.49. The Morgan fingerprint density at radius 3 is 0.643 bits per heavy atom. The summed E-state index contributed by atoms with van der Waals surface area (Å²) in [5, 5.41) is 0. The van der Waals surface area contributed by atoms with E-state index in [2.05, 4.69) is 0 Å². The van der Waals surface area contributed by atoms with Crippen LogP contribution in [0.25, 0.3) is 0 Å². The van der Waals surface area contributed by atoms with Crippen LogP contribution in [0.4, 0.5) is 0 Å². The Hall–Kier alpha value is -3.54. The molecule has 0 atom stereocenters. The Morgan fingerprint density at radius 1 is 0.268 bits per heavy atom. The molecular weight excluding hydrogens is 742 g/mol. The molecule has 0 aromatic heterocycles. The molecule has 4 aromatic carbocycles. The summed E-state index contributed by atoms with van der Waals surface area (Å²) >= 11 is 0. The third-order valence-corrected chi connectivity index (χ3v) is 12.1. The lowest BCUT2D eigenvalue weighted by atomic mass is 10.0. The predicted octanol–water partition coefficient (Wildman–Crippen LogP) is 15.4. The monoisotopic (exact) mass is 806 g/mol. The predicted molar refractivity (Wildman–Crippen MR) is 228 cm³/mol. The quantitative estimate of drug-likeness (QED) is 0.0347. The van der Waals surface area contributed by atoms with E-state index in [-0.39, 0.29) is 0 Å². The highest BCUT2D eigenvalue weighted by Crippen LogP contribution is 2.50. The molecule has 8 nitrogen and oxygen atoms in total. The second-order valence-electron chi connectivity index (χ2n) is 14.2. The molecule has 306 valence electrons. The zero-order valence-corrected chi connectivity index (χ0v) is 35.1. The Labute approximate surface area is 336 Å². The van der Waals surface area contributed by atoms with Gasteiger partial charge in [-0.1, -0.05) is 188 Å². The van der Waals surface area contributed by atoms with Gasteiger partial charge in [0.2, 0.25) is 0 Å². The maximum atomic E-state index is 13.4. The normalized spacial score (nSPS) is 11.6. The van der Waals surface area contributed by atoms with Crippen molar-refractivity contribution in [1.82, 2.24) is 0 Å². The minimum Gasteiger partial charge on any atom is -0.395 e. The topological polar surface area (TPSA) is 89.5 Å². The molecular formula is C46H64O8P2. The molecule has 4 rings (SSSR count). The van der Waals surface area contributed by atoms with Crippen LogP contribution in [0.2, 0.25) is 0 Å². The zero-order chi connectivity index (χ0) is 39.3. The Kier molecular flexibility index (Phi) is 22.5. The molecule has 0 amide bonds. The number of hydrogen-bond acceptors (Lipinski definition) is 8. The summed E-state index contributed by atoms with van der Waals surface area (Å²) in [4.78, 5) is 0. The summed E-state index contributed by atoms with van der Waals surface area (Å²) < 4.78 is 60.9. The first-order valence-corrected chi connectivity index (χ1v) is 23.9. The average molecular weight is 807 g/mol. The molecule has 0 fully saturated rings. The number of phosphoric ester groups is 2. The van der Waals surface area contributed by atoms with Crippen molar-refractivity contribution in [3.8, 4) is 23.0 Å². The summed E-state index contributed by atoms with van der Waals surface area (Å²) in [5.74, 6) is 1.83. The summed E-state index contributed by atoms with van der Waals surface area (Å²) in [5.41, 5.74) is 0. The third-order valence-electron chi connectivity index (χ3n) is 9.38. The average Bonchev–Trinajstić information content (AvgIpc) is 3.21. The van der Waals surface area contributed by atoms with Gasteiger partial charge in [-0.25, -0.2) is 9.13 Å². The first-order chi connectivity index (χ1) is 27.5. The fraction of sp³-hybridized carbons (Fsp3) is 0.478. The van der Waals surface area contributed by atoms with Crippen molar-refractivity contribution in [2.75, 3.05) is 13.2 Å². The summed E-state index contributed by atoms with van der Waals surface area (Å²) in [7, 11) is -7.59. The molecule has 56 heavy (non-hydrogen) atoms. The number of para-hydroxylation sites is 4. The van der Waals surface area contributed by atoms with E-state index < -0.39 is 15.6 Å². The molecule has 0 spiro atoms. The van der Waals surface area contributed by atoms with E-state index in [4.69, 9.17) is 27.1 Å². The Bertz CT molecular complexity index is 1410. The summed E-state index contributed by atoms with van der Waals surface area (Å²) in [6.07, 6.45) is 24.4. The molecule has 0 aliphatic carbocycles. The van der Waals surface area contributed by atoms with Crippen molar-refractivity contribution in [2.24, 2.45) is 0 Å². The van der Waals surface area contributed by atoms with E-state index in [1.54, 1.807) is 48.5 Å². The highest BCUT2D eigenvalue weighted by atomic mass is 31.2. The maximum Gasteiger partial charge on any atom is 0.587 e. The van der Waals surface area contributed by atoms with Crippen LogP contribution in [-0.2, 0) is 18.2 Å². The van der Waals surface area contributed by atoms with Crippen LogP contribution in [0.3, 0.4) is 0 Å². The largest absolute Gasteiger partial charge is 0.587 e. The molecule has 0 bridgehead atoms. The van der Waals surface area contributed by atoms with Crippen LogP contribution in [0.1, 0.15) is 128 Å². The van der Waals surface area contributed by atoms with Gasteiger partial charge in [0.15, 0.2) is 0 Å². The number of hydrogen-bond donors (Lipinski definition) is 0. The highest BCUT2D eigenvalue weighted by Gasteiger charge is 2.31. The van der Waals surface area contributed by atoms with E-state index in [1.807, 2.05) is 72.8 Å². The second-order valence-corrected chi connectivity index (χ2v) is 17.3. The van der Waals surface area contributed by atoms with Crippen molar-refractivity contribution < 1.29 is 36.3 Å². The van der Waals surface area contributed by atoms with Gasteiger partial charge in [-0.05, 0) is 61.4 Å². The Balaban J connectivity index is 0.896. The van der Waals surface area contributed by atoms with Gasteiger partial charge in [0.25, 0.3) is 0 Å². The van der Waals surface area contributed by atoms with Gasteiger partial charge in [0, 0.05) is 0 Å². The Morgan fingerprint density at radius 2 is 0.446 bits per heavy atom. The maximum absolute atomic E-state index is 13.4. The van der Waals surface area contributed by atoms with Gasteiger partial charge < -0.3 is 18.1 Å². The van der Waals surface area contributed by atoms with Crippen LogP contribution in [0, 0.1) is 0 Å². The van der Waals surface area contributed by atoms with E-state index in [0.29, 0.717) is 36.2 Å². The first-order valence-electron chi connectivity index (χ1n) is 21.0. The molecule has 0 saturated heterocycles. The SMILES string of the molecule is O=P(OCCCCCCCCCCCCCCCCCCCCCCOP(=O)(Oc1ccccc1)Oc1ccccc1)(Oc1ccccc1)Oc1ccccc1. The van der Waals surface area contributed by atoms with E-state index in [1.165, 1.54) is 89.9 Å².